The van der Waals surface area contributed by atoms with Gasteiger partial charge in [-0.3, -0.25) is 0 Å². The largest absolute Gasteiger partial charge is 0.389 e. The van der Waals surface area contributed by atoms with E-state index < -0.39 is 6.10 Å². The minimum Gasteiger partial charge on any atom is -0.389 e. The summed E-state index contributed by atoms with van der Waals surface area (Å²) in [6, 6.07) is 0. The van der Waals surface area contributed by atoms with Gasteiger partial charge in [0.25, 0.3) is 0 Å². The third kappa shape index (κ3) is 1.01. The minimum absolute atomic E-state index is 0.444. The van der Waals surface area contributed by atoms with Gasteiger partial charge in [-0.1, -0.05) is 23.7 Å². The minimum atomic E-state index is -0.444. The molecule has 1 aliphatic carbocycles. The molecule has 0 heterocycles. The first-order valence-electron chi connectivity index (χ1n) is 2.61. The monoisotopic (exact) mass is 106 g/mol. The van der Waals surface area contributed by atoms with Crippen molar-refractivity contribution in [3.8, 4) is 0 Å². The maximum Gasteiger partial charge on any atom is 0.111 e. The van der Waals surface area contributed by atoms with Crippen molar-refractivity contribution in [2.24, 2.45) is 0 Å². The van der Waals surface area contributed by atoms with Gasteiger partial charge >= 0.3 is 0 Å². The molecule has 40 valence electrons. The lowest BCUT2D eigenvalue weighted by Gasteiger charge is -2.10. The summed E-state index contributed by atoms with van der Waals surface area (Å²) in [5.74, 6) is 0. The molecule has 8 heavy (non-hydrogen) atoms. The molecule has 0 saturated carbocycles. The second-order valence-electron chi connectivity index (χ2n) is 1.85. The van der Waals surface area contributed by atoms with Crippen LogP contribution in [0.5, 0.6) is 0 Å². The van der Waals surface area contributed by atoms with Crippen LogP contribution in [0.1, 0.15) is 6.42 Å². The molecule has 0 aromatic heterocycles. The van der Waals surface area contributed by atoms with Gasteiger partial charge < -0.3 is 5.11 Å². The van der Waals surface area contributed by atoms with E-state index in [1.807, 2.05) is 12.2 Å². The van der Waals surface area contributed by atoms with Crippen LogP contribution < -0.4 is 0 Å². The van der Waals surface area contributed by atoms with Crippen molar-refractivity contribution in [3.05, 3.63) is 23.7 Å². The molecule has 1 nitrogen and oxygen atoms in total. The van der Waals surface area contributed by atoms with Crippen LogP contribution in [0.2, 0.25) is 0 Å². The van der Waals surface area contributed by atoms with Gasteiger partial charge in [-0.15, -0.1) is 0 Å². The van der Waals surface area contributed by atoms with Crippen LogP contribution >= 0.6 is 0 Å². The van der Waals surface area contributed by atoms with E-state index in [2.05, 4.69) is 0 Å². The lowest BCUT2D eigenvalue weighted by atomic mass is 9.86. The van der Waals surface area contributed by atoms with Crippen LogP contribution in [0.3, 0.4) is 0 Å². The van der Waals surface area contributed by atoms with Gasteiger partial charge in [0.05, 0.1) is 6.10 Å². The maximum atomic E-state index is 8.93. The average molecular weight is 106 g/mol. The van der Waals surface area contributed by atoms with E-state index in [9.17, 15) is 0 Å². The Morgan fingerprint density at radius 2 is 2.50 bits per heavy atom. The standard InChI is InChI=1S/C6H7BO/c7-5-3-1-2-4-6(5)8/h1-3,6,8H,4H2. The third-order valence-electron chi connectivity index (χ3n) is 1.17. The Hall–Kier alpha value is -0.495. The zero-order chi connectivity index (χ0) is 5.98. The molecule has 1 N–H and O–H groups in total. The van der Waals surface area contributed by atoms with Crippen molar-refractivity contribution in [1.82, 2.24) is 0 Å². The molecule has 2 heteroatoms. The summed E-state index contributed by atoms with van der Waals surface area (Å²) >= 11 is 0. The van der Waals surface area contributed by atoms with Gasteiger partial charge in [0, 0.05) is 0 Å². The quantitative estimate of drug-likeness (QED) is 0.442. The highest BCUT2D eigenvalue weighted by Gasteiger charge is 2.03. The molecule has 0 aliphatic heterocycles. The molecule has 1 atom stereocenters. The Balaban J connectivity index is 2.66. The summed E-state index contributed by atoms with van der Waals surface area (Å²) in [5, 5.41) is 8.93. The van der Waals surface area contributed by atoms with Crippen molar-refractivity contribution in [1.29, 1.82) is 0 Å². The predicted octanol–water partition coefficient (Wildman–Crippen LogP) is 0.360. The number of aliphatic hydroxyl groups excluding tert-OH is 1. The zero-order valence-corrected chi connectivity index (χ0v) is 4.54. The number of rotatable bonds is 0. The number of aliphatic hydroxyl groups is 1. The van der Waals surface area contributed by atoms with E-state index in [-0.39, 0.29) is 0 Å². The van der Waals surface area contributed by atoms with Crippen molar-refractivity contribution >= 4 is 7.85 Å². The van der Waals surface area contributed by atoms with Gasteiger partial charge in [0.15, 0.2) is 0 Å². The van der Waals surface area contributed by atoms with E-state index in [4.69, 9.17) is 13.0 Å². The summed E-state index contributed by atoms with van der Waals surface area (Å²) in [7, 11) is 5.34. The van der Waals surface area contributed by atoms with Gasteiger partial charge in [0.2, 0.25) is 0 Å². The van der Waals surface area contributed by atoms with Gasteiger partial charge in [-0.25, -0.2) is 0 Å². The van der Waals surface area contributed by atoms with E-state index in [0.29, 0.717) is 11.9 Å². The van der Waals surface area contributed by atoms with Crippen LogP contribution in [-0.2, 0) is 0 Å². The molecule has 0 amide bonds. The van der Waals surface area contributed by atoms with Crippen molar-refractivity contribution in [3.63, 3.8) is 0 Å². The second kappa shape index (κ2) is 2.18. The van der Waals surface area contributed by atoms with Gasteiger partial charge in [0.1, 0.15) is 7.85 Å². The smallest absolute Gasteiger partial charge is 0.111 e. The summed E-state index contributed by atoms with van der Waals surface area (Å²) in [6.45, 7) is 0. The fourth-order valence-electron chi connectivity index (χ4n) is 0.634. The summed E-state index contributed by atoms with van der Waals surface area (Å²) < 4.78 is 0. The van der Waals surface area contributed by atoms with Crippen LogP contribution in [0.25, 0.3) is 0 Å². The average Bonchev–Trinajstić information content (AvgIpc) is 1.77. The lowest BCUT2D eigenvalue weighted by molar-refractivity contribution is 0.221. The highest BCUT2D eigenvalue weighted by molar-refractivity contribution is 6.22. The summed E-state index contributed by atoms with van der Waals surface area (Å²) in [4.78, 5) is 0. The number of hydrogen-bond donors (Lipinski definition) is 1. The molecule has 0 saturated heterocycles. The Morgan fingerprint density at radius 1 is 1.75 bits per heavy atom. The molecule has 0 spiro atoms. The van der Waals surface area contributed by atoms with E-state index in [0.717, 1.165) is 0 Å². The molecule has 1 aliphatic rings. The number of hydrogen-bond acceptors (Lipinski definition) is 1. The van der Waals surface area contributed by atoms with Crippen LogP contribution in [0.4, 0.5) is 0 Å². The molecule has 0 aromatic rings. The molecule has 0 fully saturated rings. The summed E-state index contributed by atoms with van der Waals surface area (Å²) in [6.07, 6.45) is 5.67. The van der Waals surface area contributed by atoms with E-state index >= 15 is 0 Å². The van der Waals surface area contributed by atoms with E-state index in [1.165, 1.54) is 0 Å². The third-order valence-corrected chi connectivity index (χ3v) is 1.17. The topological polar surface area (TPSA) is 20.2 Å². The van der Waals surface area contributed by atoms with Crippen LogP contribution in [-0.4, -0.2) is 19.1 Å². The van der Waals surface area contributed by atoms with Crippen molar-refractivity contribution < 1.29 is 5.11 Å². The van der Waals surface area contributed by atoms with Gasteiger partial charge in [-0.05, 0) is 6.42 Å². The molecule has 1 unspecified atom stereocenters. The number of allylic oxidation sites excluding steroid dienone is 2. The normalized spacial score (nSPS) is 27.6. The van der Waals surface area contributed by atoms with Crippen LogP contribution in [0, 0.1) is 0 Å². The second-order valence-corrected chi connectivity index (χ2v) is 1.85. The molecule has 0 bridgehead atoms. The first-order valence-corrected chi connectivity index (χ1v) is 2.61. The first kappa shape index (κ1) is 5.64. The fourth-order valence-corrected chi connectivity index (χ4v) is 0.634. The molecule has 1 rings (SSSR count). The zero-order valence-electron chi connectivity index (χ0n) is 4.54. The molecular weight excluding hydrogens is 98.9 g/mol. The highest BCUT2D eigenvalue weighted by Crippen LogP contribution is 2.07. The summed E-state index contributed by atoms with van der Waals surface area (Å²) in [5.41, 5.74) is 0.563. The first-order chi connectivity index (χ1) is 3.80. The van der Waals surface area contributed by atoms with Crippen molar-refractivity contribution in [2.45, 2.75) is 12.5 Å². The van der Waals surface area contributed by atoms with Crippen LogP contribution in [0.15, 0.2) is 23.7 Å². The Morgan fingerprint density at radius 3 is 2.88 bits per heavy atom. The molecule has 0 aromatic carbocycles. The predicted molar refractivity (Wildman–Crippen MR) is 33.6 cm³/mol. The Bertz CT molecular complexity index is 137. The maximum absolute atomic E-state index is 8.93. The van der Waals surface area contributed by atoms with E-state index in [1.54, 1.807) is 6.08 Å². The Labute approximate surface area is 50.1 Å². The molecule has 2 radical (unpaired) electrons. The fraction of sp³-hybridized carbons (Fsp3) is 0.333. The SMILES string of the molecule is [B]C1=CC=CCC1O. The van der Waals surface area contributed by atoms with Gasteiger partial charge in [-0.2, -0.15) is 0 Å². The highest BCUT2D eigenvalue weighted by atomic mass is 16.3. The lowest BCUT2D eigenvalue weighted by Crippen LogP contribution is -2.10. The molecular formula is C6H7BO. The Kier molecular flexibility index (Phi) is 1.54. The van der Waals surface area contributed by atoms with Crippen molar-refractivity contribution in [2.75, 3.05) is 0 Å².